The van der Waals surface area contributed by atoms with E-state index >= 15 is 0 Å². The summed E-state index contributed by atoms with van der Waals surface area (Å²) in [5.41, 5.74) is 0.958. The molecule has 0 saturated heterocycles. The van der Waals surface area contributed by atoms with Crippen LogP contribution in [0.1, 0.15) is 39.2 Å². The third kappa shape index (κ3) is 8.00. The summed E-state index contributed by atoms with van der Waals surface area (Å²) in [5, 5.41) is 3.54. The lowest BCUT2D eigenvalue weighted by atomic mass is 10.1. The van der Waals surface area contributed by atoms with Gasteiger partial charge in [-0.25, -0.2) is 0 Å². The van der Waals surface area contributed by atoms with Gasteiger partial charge in [-0.3, -0.25) is 9.59 Å². The number of nitrogens with zero attached hydrogens (tertiary/aromatic N) is 1. The molecule has 0 aliphatic heterocycles. The van der Waals surface area contributed by atoms with Crippen molar-refractivity contribution in [2.45, 2.75) is 52.2 Å². The van der Waals surface area contributed by atoms with E-state index in [0.717, 1.165) is 10.0 Å². The molecule has 2 rings (SSSR count). The van der Waals surface area contributed by atoms with Crippen molar-refractivity contribution in [2.24, 2.45) is 0 Å². The van der Waals surface area contributed by atoms with Crippen molar-refractivity contribution in [3.63, 3.8) is 0 Å². The fourth-order valence-electron chi connectivity index (χ4n) is 2.91. The Hall–Kier alpha value is -2.05. The fraction of sp³-hybridized carbons (Fsp3) is 0.391. The number of rotatable bonds is 10. The highest BCUT2D eigenvalue weighted by Crippen LogP contribution is 2.18. The van der Waals surface area contributed by atoms with E-state index in [-0.39, 0.29) is 17.9 Å². The zero-order chi connectivity index (χ0) is 22.1. The van der Waals surface area contributed by atoms with Gasteiger partial charge in [0.25, 0.3) is 0 Å². The molecule has 0 aromatic heterocycles. The second-order valence-electron chi connectivity index (χ2n) is 7.40. The van der Waals surface area contributed by atoms with Gasteiger partial charge >= 0.3 is 0 Å². The van der Waals surface area contributed by atoms with Gasteiger partial charge in [0.1, 0.15) is 11.8 Å². The predicted octanol–water partition coefficient (Wildman–Crippen LogP) is 5.20. The number of carbonyl (C=O) groups is 2. The van der Waals surface area contributed by atoms with Gasteiger partial charge in [0.2, 0.25) is 11.8 Å². The summed E-state index contributed by atoms with van der Waals surface area (Å²) in [4.78, 5) is 27.2. The normalized spacial score (nSPS) is 11.8. The fourth-order valence-corrected chi connectivity index (χ4v) is 3.48. The molecule has 30 heavy (non-hydrogen) atoms. The van der Waals surface area contributed by atoms with Gasteiger partial charge in [0, 0.05) is 28.5 Å². The van der Waals surface area contributed by atoms with Gasteiger partial charge in [-0.05, 0) is 69.2 Å². The van der Waals surface area contributed by atoms with E-state index in [0.29, 0.717) is 36.8 Å². The van der Waals surface area contributed by atoms with Crippen LogP contribution in [0.5, 0.6) is 5.75 Å². The maximum Gasteiger partial charge on any atom is 0.242 e. The van der Waals surface area contributed by atoms with Gasteiger partial charge in [-0.1, -0.05) is 39.7 Å². The van der Waals surface area contributed by atoms with Crippen molar-refractivity contribution < 1.29 is 14.3 Å². The summed E-state index contributed by atoms with van der Waals surface area (Å²) in [6, 6.07) is 14.3. The van der Waals surface area contributed by atoms with Crippen LogP contribution < -0.4 is 10.1 Å². The molecule has 162 valence electrons. The molecule has 0 unspecified atom stereocenters. The first kappa shape index (κ1) is 24.2. The molecule has 0 spiro atoms. The Labute approximate surface area is 191 Å². The lowest BCUT2D eigenvalue weighted by Gasteiger charge is -2.29. The quantitative estimate of drug-likeness (QED) is 0.461. The maximum atomic E-state index is 13.0. The largest absolute Gasteiger partial charge is 0.494 e. The summed E-state index contributed by atoms with van der Waals surface area (Å²) in [6.07, 6.45) is 0.843. The summed E-state index contributed by atoms with van der Waals surface area (Å²) < 4.78 is 6.60. The Morgan fingerprint density at radius 3 is 2.47 bits per heavy atom. The molecule has 2 aromatic carbocycles. The number of ether oxygens (including phenoxy) is 1. The molecule has 1 N–H and O–H groups in total. The van der Waals surface area contributed by atoms with Crippen molar-refractivity contribution in [1.82, 2.24) is 10.2 Å². The van der Waals surface area contributed by atoms with Crippen molar-refractivity contribution in [3.05, 3.63) is 63.6 Å². The van der Waals surface area contributed by atoms with E-state index in [9.17, 15) is 9.59 Å². The minimum atomic E-state index is -0.573. The molecule has 0 radical (unpaired) electrons. The molecule has 5 nitrogen and oxygen atoms in total. The maximum absolute atomic E-state index is 13.0. The van der Waals surface area contributed by atoms with Crippen molar-refractivity contribution in [2.75, 3.05) is 6.61 Å². The third-order valence-corrected chi connectivity index (χ3v) is 5.20. The second kappa shape index (κ2) is 12.0. The van der Waals surface area contributed by atoms with Crippen LogP contribution in [0.3, 0.4) is 0 Å². The Bertz CT molecular complexity index is 843. The van der Waals surface area contributed by atoms with Gasteiger partial charge in [-0.15, -0.1) is 0 Å². The summed E-state index contributed by atoms with van der Waals surface area (Å²) in [6.45, 7) is 6.34. The SMILES string of the molecule is CC(C)NC(=O)[C@H](C)N(Cc1cccc(Br)c1)C(=O)CCCOc1ccc(Cl)cc1. The number of nitrogens with one attached hydrogen (secondary N) is 1. The van der Waals surface area contributed by atoms with Crippen LogP contribution >= 0.6 is 27.5 Å². The topological polar surface area (TPSA) is 58.6 Å². The smallest absolute Gasteiger partial charge is 0.242 e. The van der Waals surface area contributed by atoms with Gasteiger partial charge < -0.3 is 15.0 Å². The van der Waals surface area contributed by atoms with Crippen LogP contribution in [0.4, 0.5) is 0 Å². The molecule has 0 bridgehead atoms. The third-order valence-electron chi connectivity index (χ3n) is 4.46. The molecule has 0 heterocycles. The lowest BCUT2D eigenvalue weighted by molar-refractivity contribution is -0.141. The molecule has 0 aliphatic rings. The van der Waals surface area contributed by atoms with Crippen molar-refractivity contribution in [3.8, 4) is 5.75 Å². The average Bonchev–Trinajstić information content (AvgIpc) is 2.69. The highest BCUT2D eigenvalue weighted by Gasteiger charge is 2.26. The Morgan fingerprint density at radius 2 is 1.83 bits per heavy atom. The first-order chi connectivity index (χ1) is 14.3. The molecule has 7 heteroatoms. The molecule has 0 aliphatic carbocycles. The Morgan fingerprint density at radius 1 is 1.13 bits per heavy atom. The van der Waals surface area contributed by atoms with Crippen LogP contribution in [-0.4, -0.2) is 35.4 Å². The standard InChI is InChI=1S/C23H28BrClN2O3/c1-16(2)26-23(29)17(3)27(15-18-6-4-7-19(24)14-18)22(28)8-5-13-30-21-11-9-20(25)10-12-21/h4,6-7,9-12,14,16-17H,5,8,13,15H2,1-3H3,(H,26,29)/t17-/m0/s1. The number of halogens is 2. The van der Waals surface area contributed by atoms with Crippen LogP contribution in [-0.2, 0) is 16.1 Å². The van der Waals surface area contributed by atoms with E-state index in [1.54, 1.807) is 36.1 Å². The zero-order valence-electron chi connectivity index (χ0n) is 17.5. The number of amides is 2. The highest BCUT2D eigenvalue weighted by molar-refractivity contribution is 9.10. The molecule has 2 amide bonds. The molecule has 0 fully saturated rings. The Balaban J connectivity index is 1.99. The zero-order valence-corrected chi connectivity index (χ0v) is 19.9. The summed E-state index contributed by atoms with van der Waals surface area (Å²) in [5.74, 6) is 0.467. The number of benzene rings is 2. The molecular weight excluding hydrogens is 468 g/mol. The number of carbonyl (C=O) groups excluding carboxylic acids is 2. The lowest BCUT2D eigenvalue weighted by Crippen LogP contribution is -2.49. The molecule has 2 aromatic rings. The molecule has 0 saturated carbocycles. The predicted molar refractivity (Wildman–Crippen MR) is 124 cm³/mol. The summed E-state index contributed by atoms with van der Waals surface area (Å²) in [7, 11) is 0. The van der Waals surface area contributed by atoms with E-state index < -0.39 is 6.04 Å². The number of hydrogen-bond acceptors (Lipinski definition) is 3. The molecular formula is C23H28BrClN2O3. The van der Waals surface area contributed by atoms with Crippen LogP contribution in [0.25, 0.3) is 0 Å². The van der Waals surface area contributed by atoms with Crippen LogP contribution in [0, 0.1) is 0 Å². The van der Waals surface area contributed by atoms with E-state index in [4.69, 9.17) is 16.3 Å². The highest BCUT2D eigenvalue weighted by atomic mass is 79.9. The van der Waals surface area contributed by atoms with E-state index in [1.165, 1.54) is 0 Å². The van der Waals surface area contributed by atoms with Gasteiger partial charge in [-0.2, -0.15) is 0 Å². The second-order valence-corrected chi connectivity index (χ2v) is 8.75. The average molecular weight is 496 g/mol. The Kier molecular flexibility index (Phi) is 9.66. The van der Waals surface area contributed by atoms with Crippen molar-refractivity contribution >= 4 is 39.3 Å². The number of hydrogen-bond donors (Lipinski definition) is 1. The summed E-state index contributed by atoms with van der Waals surface area (Å²) >= 11 is 9.33. The first-order valence-electron chi connectivity index (χ1n) is 9.99. The minimum absolute atomic E-state index is 0.00977. The van der Waals surface area contributed by atoms with Crippen molar-refractivity contribution in [1.29, 1.82) is 0 Å². The van der Waals surface area contributed by atoms with E-state index in [2.05, 4.69) is 21.2 Å². The first-order valence-corrected chi connectivity index (χ1v) is 11.2. The molecule has 1 atom stereocenters. The van der Waals surface area contributed by atoms with Crippen LogP contribution in [0.2, 0.25) is 5.02 Å². The minimum Gasteiger partial charge on any atom is -0.494 e. The van der Waals surface area contributed by atoms with Gasteiger partial charge in [0.15, 0.2) is 0 Å². The van der Waals surface area contributed by atoms with Crippen LogP contribution in [0.15, 0.2) is 53.0 Å². The monoisotopic (exact) mass is 494 g/mol. The van der Waals surface area contributed by atoms with Gasteiger partial charge in [0.05, 0.1) is 6.61 Å². The van der Waals surface area contributed by atoms with E-state index in [1.807, 2.05) is 38.1 Å².